The molecule has 0 aliphatic carbocycles. The summed E-state index contributed by atoms with van der Waals surface area (Å²) in [5, 5.41) is 9.25. The standard InChI is InChI=1S/C15H21N3O3S/c19-13(16-8-10-4-3-7-21-10)6-2-1-5-12-14-11(9-22-12)17-15(20)18-14/h3-4,7,11-12,14H,1-2,5-6,8-9H2,(H,16,19)(H2,17,18,20)/t11-,12+,14-/m1/s1. The van der Waals surface area contributed by atoms with Gasteiger partial charge in [0.2, 0.25) is 5.91 Å². The summed E-state index contributed by atoms with van der Waals surface area (Å²) in [4.78, 5) is 23.0. The number of furan rings is 1. The molecule has 3 N–H and O–H groups in total. The molecular formula is C15H21N3O3S. The summed E-state index contributed by atoms with van der Waals surface area (Å²) >= 11 is 1.91. The molecule has 0 aromatic carbocycles. The molecule has 3 amide bonds. The van der Waals surface area contributed by atoms with Crippen LogP contribution < -0.4 is 16.0 Å². The maximum absolute atomic E-state index is 11.7. The minimum absolute atomic E-state index is 0.0439. The van der Waals surface area contributed by atoms with Crippen molar-refractivity contribution >= 4 is 23.7 Å². The molecule has 0 bridgehead atoms. The van der Waals surface area contributed by atoms with Crippen LogP contribution >= 0.6 is 11.8 Å². The molecule has 0 unspecified atom stereocenters. The van der Waals surface area contributed by atoms with Gasteiger partial charge in [-0.3, -0.25) is 4.79 Å². The van der Waals surface area contributed by atoms with Gasteiger partial charge in [-0.1, -0.05) is 6.42 Å². The number of urea groups is 1. The number of fused-ring (bicyclic) bond motifs is 1. The molecule has 22 heavy (non-hydrogen) atoms. The van der Waals surface area contributed by atoms with E-state index in [-0.39, 0.29) is 24.0 Å². The van der Waals surface area contributed by atoms with Gasteiger partial charge in [-0.25, -0.2) is 4.79 Å². The fourth-order valence-electron chi connectivity index (χ4n) is 2.96. The highest BCUT2D eigenvalue weighted by Gasteiger charge is 2.42. The van der Waals surface area contributed by atoms with Gasteiger partial charge in [0.05, 0.1) is 24.9 Å². The van der Waals surface area contributed by atoms with E-state index in [4.69, 9.17) is 4.42 Å². The minimum atomic E-state index is -0.0439. The third-order valence-corrected chi connectivity index (χ3v) is 5.63. The molecule has 7 heteroatoms. The van der Waals surface area contributed by atoms with E-state index in [0.717, 1.165) is 30.8 Å². The Morgan fingerprint density at radius 1 is 1.41 bits per heavy atom. The van der Waals surface area contributed by atoms with Crippen molar-refractivity contribution in [2.75, 3.05) is 5.75 Å². The van der Waals surface area contributed by atoms with Crippen molar-refractivity contribution in [3.05, 3.63) is 24.2 Å². The second kappa shape index (κ2) is 7.09. The lowest BCUT2D eigenvalue weighted by Crippen LogP contribution is -2.36. The number of carbonyl (C=O) groups is 2. The molecule has 3 heterocycles. The molecular weight excluding hydrogens is 302 g/mol. The van der Waals surface area contributed by atoms with Crippen LogP contribution in [0.5, 0.6) is 0 Å². The van der Waals surface area contributed by atoms with E-state index in [1.54, 1.807) is 6.26 Å². The summed E-state index contributed by atoms with van der Waals surface area (Å²) in [6.45, 7) is 0.450. The first-order valence-electron chi connectivity index (χ1n) is 7.70. The average molecular weight is 323 g/mol. The molecule has 3 rings (SSSR count). The number of unbranched alkanes of at least 4 members (excludes halogenated alkanes) is 1. The Balaban J connectivity index is 1.29. The summed E-state index contributed by atoms with van der Waals surface area (Å²) in [5.41, 5.74) is 0. The fraction of sp³-hybridized carbons (Fsp3) is 0.600. The molecule has 6 nitrogen and oxygen atoms in total. The summed E-state index contributed by atoms with van der Waals surface area (Å²) in [6, 6.07) is 4.14. The van der Waals surface area contributed by atoms with Crippen molar-refractivity contribution in [1.29, 1.82) is 0 Å². The molecule has 3 atom stereocenters. The number of rotatable bonds is 7. The average Bonchev–Trinajstić information content (AvgIpc) is 3.19. The highest BCUT2D eigenvalue weighted by molar-refractivity contribution is 8.00. The van der Waals surface area contributed by atoms with E-state index in [0.29, 0.717) is 18.2 Å². The van der Waals surface area contributed by atoms with Crippen LogP contribution in [0.15, 0.2) is 22.8 Å². The molecule has 2 fully saturated rings. The van der Waals surface area contributed by atoms with E-state index in [9.17, 15) is 9.59 Å². The Morgan fingerprint density at radius 3 is 3.14 bits per heavy atom. The molecule has 1 aromatic rings. The van der Waals surface area contributed by atoms with Gasteiger partial charge in [0.1, 0.15) is 5.76 Å². The van der Waals surface area contributed by atoms with Crippen molar-refractivity contribution in [3.63, 3.8) is 0 Å². The van der Waals surface area contributed by atoms with Gasteiger partial charge in [0.15, 0.2) is 0 Å². The first kappa shape index (κ1) is 15.3. The Morgan fingerprint density at radius 2 is 2.32 bits per heavy atom. The minimum Gasteiger partial charge on any atom is -0.467 e. The smallest absolute Gasteiger partial charge is 0.315 e. The van der Waals surface area contributed by atoms with Crippen LogP contribution in [-0.4, -0.2) is 35.0 Å². The third kappa shape index (κ3) is 3.76. The predicted octanol–water partition coefficient (Wildman–Crippen LogP) is 1.62. The van der Waals surface area contributed by atoms with Gasteiger partial charge < -0.3 is 20.4 Å². The molecule has 0 saturated carbocycles. The highest BCUT2D eigenvalue weighted by atomic mass is 32.2. The van der Waals surface area contributed by atoms with Crippen LogP contribution in [0.25, 0.3) is 0 Å². The SMILES string of the molecule is O=C(CCCC[C@@H]1SC[C@H]2NC(=O)N[C@@H]12)NCc1ccco1. The van der Waals surface area contributed by atoms with Crippen molar-refractivity contribution in [2.24, 2.45) is 0 Å². The van der Waals surface area contributed by atoms with Gasteiger partial charge in [0.25, 0.3) is 0 Å². The first-order valence-corrected chi connectivity index (χ1v) is 8.75. The maximum Gasteiger partial charge on any atom is 0.315 e. The monoisotopic (exact) mass is 323 g/mol. The number of hydrogen-bond donors (Lipinski definition) is 3. The first-order chi connectivity index (χ1) is 10.7. The largest absolute Gasteiger partial charge is 0.467 e. The Labute approximate surface area is 133 Å². The predicted molar refractivity (Wildman–Crippen MR) is 84.5 cm³/mol. The van der Waals surface area contributed by atoms with Crippen molar-refractivity contribution in [3.8, 4) is 0 Å². The van der Waals surface area contributed by atoms with Crippen LogP contribution in [0.3, 0.4) is 0 Å². The lowest BCUT2D eigenvalue weighted by atomic mass is 10.0. The molecule has 2 saturated heterocycles. The zero-order valence-corrected chi connectivity index (χ0v) is 13.2. The summed E-state index contributed by atoms with van der Waals surface area (Å²) in [5.74, 6) is 1.81. The molecule has 120 valence electrons. The molecule has 2 aliphatic heterocycles. The quantitative estimate of drug-likeness (QED) is 0.526. The van der Waals surface area contributed by atoms with Crippen LogP contribution in [0, 0.1) is 0 Å². The number of thioether (sulfide) groups is 1. The van der Waals surface area contributed by atoms with E-state index in [1.807, 2.05) is 23.9 Å². The fourth-order valence-corrected chi connectivity index (χ4v) is 4.50. The van der Waals surface area contributed by atoms with Crippen LogP contribution in [0.2, 0.25) is 0 Å². The second-order valence-electron chi connectivity index (χ2n) is 5.72. The van der Waals surface area contributed by atoms with Gasteiger partial charge >= 0.3 is 6.03 Å². The highest BCUT2D eigenvalue weighted by Crippen LogP contribution is 2.33. The van der Waals surface area contributed by atoms with Gasteiger partial charge in [0, 0.05) is 17.4 Å². The molecule has 2 aliphatic rings. The van der Waals surface area contributed by atoms with E-state index < -0.39 is 0 Å². The Hall–Kier alpha value is -1.63. The number of nitrogens with one attached hydrogen (secondary N) is 3. The summed E-state index contributed by atoms with van der Waals surface area (Å²) < 4.78 is 5.17. The molecule has 0 radical (unpaired) electrons. The molecule has 1 aromatic heterocycles. The normalized spacial score (nSPS) is 26.4. The van der Waals surface area contributed by atoms with E-state index in [2.05, 4.69) is 16.0 Å². The van der Waals surface area contributed by atoms with Crippen LogP contribution in [0.4, 0.5) is 4.79 Å². The zero-order chi connectivity index (χ0) is 15.4. The number of amides is 3. The third-order valence-electron chi connectivity index (χ3n) is 4.12. The van der Waals surface area contributed by atoms with Gasteiger partial charge in [-0.2, -0.15) is 11.8 Å². The number of carbonyl (C=O) groups excluding carboxylic acids is 2. The van der Waals surface area contributed by atoms with Gasteiger partial charge in [-0.05, 0) is 25.0 Å². The van der Waals surface area contributed by atoms with Crippen LogP contribution in [-0.2, 0) is 11.3 Å². The maximum atomic E-state index is 11.7. The summed E-state index contributed by atoms with van der Waals surface area (Å²) in [7, 11) is 0. The van der Waals surface area contributed by atoms with Gasteiger partial charge in [-0.15, -0.1) is 0 Å². The molecule has 0 spiro atoms. The Bertz CT molecular complexity index is 520. The second-order valence-corrected chi connectivity index (χ2v) is 7.00. The van der Waals surface area contributed by atoms with E-state index in [1.165, 1.54) is 0 Å². The van der Waals surface area contributed by atoms with E-state index >= 15 is 0 Å². The van der Waals surface area contributed by atoms with Crippen molar-refractivity contribution in [2.45, 2.75) is 49.6 Å². The van der Waals surface area contributed by atoms with Crippen molar-refractivity contribution in [1.82, 2.24) is 16.0 Å². The Kier molecular flexibility index (Phi) is 4.92. The lowest BCUT2D eigenvalue weighted by Gasteiger charge is -2.16. The number of hydrogen-bond acceptors (Lipinski definition) is 4. The zero-order valence-electron chi connectivity index (χ0n) is 12.3. The van der Waals surface area contributed by atoms with Crippen LogP contribution in [0.1, 0.15) is 31.4 Å². The van der Waals surface area contributed by atoms with Crippen molar-refractivity contribution < 1.29 is 14.0 Å². The topological polar surface area (TPSA) is 83.4 Å². The lowest BCUT2D eigenvalue weighted by molar-refractivity contribution is -0.121. The summed E-state index contributed by atoms with van der Waals surface area (Å²) in [6.07, 6.45) is 5.06.